The van der Waals surface area contributed by atoms with Crippen LogP contribution in [0.25, 0.3) is 27.5 Å². The standard InChI is InChI=1S/C26H19BrN4O3S/c27-20-10-6-19(7-11-20)24-25(33)29-26-31(30-24)22(16-35-26)18-8-12-21(13-9-18)34-15-23(32)28-14-17-4-2-1-3-5-17/h1-13,16H,14-15H2,(H,28,32). The number of fused-ring (bicyclic) bond motifs is 1. The van der Waals surface area contributed by atoms with Gasteiger partial charge in [-0.2, -0.15) is 10.1 Å². The van der Waals surface area contributed by atoms with E-state index >= 15 is 0 Å². The van der Waals surface area contributed by atoms with Crippen LogP contribution in [0.3, 0.4) is 0 Å². The first kappa shape index (κ1) is 22.9. The number of rotatable bonds is 7. The van der Waals surface area contributed by atoms with Gasteiger partial charge in [0.2, 0.25) is 4.96 Å². The van der Waals surface area contributed by atoms with Crippen LogP contribution < -0.4 is 15.6 Å². The quantitative estimate of drug-likeness (QED) is 0.312. The summed E-state index contributed by atoms with van der Waals surface area (Å²) in [5.74, 6) is 0.387. The molecule has 3 aromatic carbocycles. The molecule has 5 aromatic rings. The van der Waals surface area contributed by atoms with Crippen molar-refractivity contribution in [1.29, 1.82) is 0 Å². The van der Waals surface area contributed by atoms with Crippen LogP contribution in [0.5, 0.6) is 5.75 Å². The van der Waals surface area contributed by atoms with Gasteiger partial charge in [0.25, 0.3) is 5.91 Å². The topological polar surface area (TPSA) is 85.6 Å². The highest BCUT2D eigenvalue weighted by atomic mass is 79.9. The van der Waals surface area contributed by atoms with Crippen molar-refractivity contribution in [2.24, 2.45) is 0 Å². The summed E-state index contributed by atoms with van der Waals surface area (Å²) in [5.41, 5.74) is 3.35. The monoisotopic (exact) mass is 546 g/mol. The van der Waals surface area contributed by atoms with E-state index in [9.17, 15) is 9.59 Å². The normalized spacial score (nSPS) is 10.9. The van der Waals surface area contributed by atoms with Gasteiger partial charge >= 0.3 is 5.56 Å². The second kappa shape index (κ2) is 10.2. The Morgan fingerprint density at radius 1 is 0.971 bits per heavy atom. The molecule has 0 aliphatic carbocycles. The fourth-order valence-electron chi connectivity index (χ4n) is 3.46. The van der Waals surface area contributed by atoms with Crippen LogP contribution >= 0.6 is 27.3 Å². The lowest BCUT2D eigenvalue weighted by atomic mass is 10.1. The molecule has 1 N–H and O–H groups in total. The highest BCUT2D eigenvalue weighted by Gasteiger charge is 2.14. The van der Waals surface area contributed by atoms with Gasteiger partial charge in [-0.05, 0) is 42.0 Å². The minimum atomic E-state index is -0.366. The predicted molar refractivity (Wildman–Crippen MR) is 139 cm³/mol. The van der Waals surface area contributed by atoms with E-state index in [1.54, 1.807) is 16.6 Å². The highest BCUT2D eigenvalue weighted by molar-refractivity contribution is 9.10. The second-order valence-electron chi connectivity index (χ2n) is 7.66. The van der Waals surface area contributed by atoms with Crippen LogP contribution in [0.4, 0.5) is 0 Å². The van der Waals surface area contributed by atoms with E-state index in [0.717, 1.165) is 21.3 Å². The minimum absolute atomic E-state index is 0.0728. The number of carbonyl (C=O) groups excluding carboxylic acids is 1. The number of hydrogen-bond donors (Lipinski definition) is 1. The molecule has 0 atom stereocenters. The van der Waals surface area contributed by atoms with Crippen LogP contribution in [0.15, 0.2) is 93.5 Å². The van der Waals surface area contributed by atoms with Crippen molar-refractivity contribution in [3.63, 3.8) is 0 Å². The lowest BCUT2D eigenvalue weighted by Gasteiger charge is -2.08. The number of halogens is 1. The predicted octanol–water partition coefficient (Wildman–Crippen LogP) is 4.94. The van der Waals surface area contributed by atoms with Gasteiger partial charge in [-0.15, -0.1) is 11.3 Å². The lowest BCUT2D eigenvalue weighted by molar-refractivity contribution is -0.123. The molecule has 0 radical (unpaired) electrons. The van der Waals surface area contributed by atoms with Crippen LogP contribution in [-0.2, 0) is 11.3 Å². The Balaban J connectivity index is 1.29. The molecule has 0 fully saturated rings. The SMILES string of the molecule is O=C(COc1ccc(-c2csc3nc(=O)c(-c4ccc(Br)cc4)nn23)cc1)NCc1ccccc1. The Kier molecular flexibility index (Phi) is 6.69. The Bertz CT molecular complexity index is 1530. The van der Waals surface area contributed by atoms with Crippen LogP contribution in [0.1, 0.15) is 5.56 Å². The summed E-state index contributed by atoms with van der Waals surface area (Å²) in [6.07, 6.45) is 0. The smallest absolute Gasteiger partial charge is 0.300 e. The number of amides is 1. The maximum absolute atomic E-state index is 12.5. The number of carbonyl (C=O) groups is 1. The fraction of sp³-hybridized carbons (Fsp3) is 0.0769. The molecule has 0 spiro atoms. The number of aromatic nitrogens is 3. The first-order chi connectivity index (χ1) is 17.1. The molecule has 5 rings (SSSR count). The average Bonchev–Trinajstić information content (AvgIpc) is 3.30. The summed E-state index contributed by atoms with van der Waals surface area (Å²) in [6, 6.07) is 24.5. The van der Waals surface area contributed by atoms with Crippen molar-refractivity contribution in [3.05, 3.63) is 105 Å². The van der Waals surface area contributed by atoms with E-state index in [1.165, 1.54) is 11.3 Å². The van der Waals surface area contributed by atoms with Gasteiger partial charge in [0, 0.05) is 27.5 Å². The zero-order chi connectivity index (χ0) is 24.2. The average molecular weight is 547 g/mol. The first-order valence-electron chi connectivity index (χ1n) is 10.8. The number of ether oxygens (including phenoxy) is 1. The zero-order valence-corrected chi connectivity index (χ0v) is 20.8. The molecule has 1 amide bonds. The van der Waals surface area contributed by atoms with Gasteiger partial charge < -0.3 is 10.1 Å². The zero-order valence-electron chi connectivity index (χ0n) is 18.3. The number of benzene rings is 3. The third-order valence-corrected chi connectivity index (χ3v) is 6.60. The molecule has 0 bridgehead atoms. The number of thiazole rings is 1. The Hall–Kier alpha value is -3.82. The van der Waals surface area contributed by atoms with Crippen molar-refractivity contribution in [2.75, 3.05) is 6.61 Å². The molecule has 2 aromatic heterocycles. The van der Waals surface area contributed by atoms with Gasteiger partial charge in [0.05, 0.1) is 5.69 Å². The summed E-state index contributed by atoms with van der Waals surface area (Å²) in [7, 11) is 0. The third-order valence-electron chi connectivity index (χ3n) is 5.26. The summed E-state index contributed by atoms with van der Waals surface area (Å²) in [6.45, 7) is 0.384. The van der Waals surface area contributed by atoms with E-state index in [-0.39, 0.29) is 23.8 Å². The van der Waals surface area contributed by atoms with Crippen molar-refractivity contribution < 1.29 is 9.53 Å². The minimum Gasteiger partial charge on any atom is -0.484 e. The van der Waals surface area contributed by atoms with Gasteiger partial charge in [-0.25, -0.2) is 4.52 Å². The molecule has 0 saturated carbocycles. The molecular weight excluding hydrogens is 528 g/mol. The molecule has 9 heteroatoms. The van der Waals surface area contributed by atoms with Crippen LogP contribution in [0.2, 0.25) is 0 Å². The van der Waals surface area contributed by atoms with E-state index in [0.29, 0.717) is 22.8 Å². The number of nitrogens with zero attached hydrogens (tertiary/aromatic N) is 3. The summed E-state index contributed by atoms with van der Waals surface area (Å²) < 4.78 is 8.22. The van der Waals surface area contributed by atoms with Crippen LogP contribution in [0, 0.1) is 0 Å². The largest absolute Gasteiger partial charge is 0.484 e. The van der Waals surface area contributed by atoms with Gasteiger partial charge in [-0.3, -0.25) is 9.59 Å². The molecule has 0 unspecified atom stereocenters. The summed E-state index contributed by atoms with van der Waals surface area (Å²) in [4.78, 5) is 29.3. The van der Waals surface area contributed by atoms with Crippen molar-refractivity contribution in [2.45, 2.75) is 6.54 Å². The summed E-state index contributed by atoms with van der Waals surface area (Å²) >= 11 is 4.75. The molecule has 174 valence electrons. The number of hydrogen-bond acceptors (Lipinski definition) is 6. The summed E-state index contributed by atoms with van der Waals surface area (Å²) in [5, 5.41) is 9.34. The van der Waals surface area contributed by atoms with E-state index in [1.807, 2.05) is 72.1 Å². The maximum atomic E-state index is 12.5. The Morgan fingerprint density at radius 2 is 1.69 bits per heavy atom. The van der Waals surface area contributed by atoms with Crippen molar-refractivity contribution in [1.82, 2.24) is 19.9 Å². The van der Waals surface area contributed by atoms with E-state index in [4.69, 9.17) is 4.74 Å². The molecule has 35 heavy (non-hydrogen) atoms. The van der Waals surface area contributed by atoms with Gasteiger partial charge in [0.15, 0.2) is 12.3 Å². The van der Waals surface area contributed by atoms with Crippen molar-refractivity contribution >= 4 is 38.1 Å². The Labute approximate surface area is 213 Å². The molecule has 2 heterocycles. The Morgan fingerprint density at radius 3 is 2.43 bits per heavy atom. The second-order valence-corrected chi connectivity index (χ2v) is 9.42. The maximum Gasteiger partial charge on any atom is 0.300 e. The number of nitrogens with one attached hydrogen (secondary N) is 1. The fourth-order valence-corrected chi connectivity index (χ4v) is 4.55. The van der Waals surface area contributed by atoms with Crippen molar-refractivity contribution in [3.8, 4) is 28.3 Å². The van der Waals surface area contributed by atoms with Gasteiger partial charge in [0.1, 0.15) is 5.75 Å². The molecule has 7 nitrogen and oxygen atoms in total. The molecule has 0 aliphatic rings. The molecule has 0 aliphatic heterocycles. The highest BCUT2D eigenvalue weighted by Crippen LogP contribution is 2.27. The lowest BCUT2D eigenvalue weighted by Crippen LogP contribution is -2.28. The van der Waals surface area contributed by atoms with Crippen LogP contribution in [-0.4, -0.2) is 27.1 Å². The third kappa shape index (κ3) is 5.31. The van der Waals surface area contributed by atoms with Gasteiger partial charge in [-0.1, -0.05) is 58.4 Å². The first-order valence-corrected chi connectivity index (χ1v) is 12.4. The molecular formula is C26H19BrN4O3S. The molecule has 0 saturated heterocycles. The van der Waals surface area contributed by atoms with E-state index in [2.05, 4.69) is 31.3 Å². The van der Waals surface area contributed by atoms with E-state index < -0.39 is 0 Å².